The summed E-state index contributed by atoms with van der Waals surface area (Å²) in [6.07, 6.45) is 1.59. The highest BCUT2D eigenvalue weighted by molar-refractivity contribution is 5.97. The lowest BCUT2D eigenvalue weighted by Crippen LogP contribution is -2.25. The monoisotopic (exact) mass is 247 g/mol. The van der Waals surface area contributed by atoms with Crippen molar-refractivity contribution < 1.29 is 13.6 Å². The number of benzene rings is 1. The van der Waals surface area contributed by atoms with Crippen LogP contribution in [-0.2, 0) is 6.54 Å². The van der Waals surface area contributed by atoms with Crippen LogP contribution in [0.1, 0.15) is 16.1 Å². The third kappa shape index (κ3) is 3.28. The van der Waals surface area contributed by atoms with Gasteiger partial charge >= 0.3 is 0 Å². The minimum Gasteiger partial charge on any atom is -0.468 e. The number of Topliss-reactive ketones (excluding diaryl/α,β-unsaturated/α-hetero) is 1. The van der Waals surface area contributed by atoms with Gasteiger partial charge in [-0.15, -0.1) is 0 Å². The van der Waals surface area contributed by atoms with Crippen LogP contribution >= 0.6 is 0 Å². The molecule has 0 aliphatic carbocycles. The van der Waals surface area contributed by atoms with Gasteiger partial charge in [0, 0.05) is 5.56 Å². The summed E-state index contributed by atoms with van der Waals surface area (Å²) >= 11 is 0. The molecule has 1 aromatic carbocycles. The molecule has 0 saturated heterocycles. The minimum atomic E-state index is -0.394. The number of hydrogen-bond acceptors (Lipinski definition) is 3. The van der Waals surface area contributed by atoms with E-state index in [1.54, 1.807) is 18.4 Å². The van der Waals surface area contributed by atoms with Crippen molar-refractivity contribution >= 4 is 5.78 Å². The highest BCUT2D eigenvalue weighted by atomic mass is 19.1. The highest BCUT2D eigenvalue weighted by Crippen LogP contribution is 2.07. The molecular weight excluding hydrogens is 233 g/mol. The Morgan fingerprint density at radius 2 is 2.17 bits per heavy atom. The summed E-state index contributed by atoms with van der Waals surface area (Å²) in [6.45, 7) is 0.776. The summed E-state index contributed by atoms with van der Waals surface area (Å²) in [5.74, 6) is 0.294. The molecule has 0 aliphatic heterocycles. The van der Waals surface area contributed by atoms with Crippen LogP contribution in [0.5, 0.6) is 0 Å². The second kappa shape index (κ2) is 5.60. The van der Waals surface area contributed by atoms with Crippen LogP contribution < -0.4 is 0 Å². The van der Waals surface area contributed by atoms with Crippen LogP contribution in [0.15, 0.2) is 47.1 Å². The quantitative estimate of drug-likeness (QED) is 0.762. The molecule has 0 spiro atoms. The number of ketones is 1. The van der Waals surface area contributed by atoms with Gasteiger partial charge in [0.1, 0.15) is 11.6 Å². The third-order valence-corrected chi connectivity index (χ3v) is 2.57. The zero-order chi connectivity index (χ0) is 13.0. The normalized spacial score (nSPS) is 10.8. The average Bonchev–Trinajstić information content (AvgIpc) is 2.81. The molecule has 1 aromatic heterocycles. The Morgan fingerprint density at radius 3 is 2.83 bits per heavy atom. The maximum atomic E-state index is 13.0. The summed E-state index contributed by atoms with van der Waals surface area (Å²) < 4.78 is 18.2. The van der Waals surface area contributed by atoms with E-state index in [9.17, 15) is 9.18 Å². The second-order valence-electron chi connectivity index (χ2n) is 4.19. The van der Waals surface area contributed by atoms with Crippen molar-refractivity contribution in [3.05, 3.63) is 59.8 Å². The number of nitrogens with zero attached hydrogens (tertiary/aromatic N) is 1. The Morgan fingerprint density at radius 1 is 1.33 bits per heavy atom. The topological polar surface area (TPSA) is 33.5 Å². The van der Waals surface area contributed by atoms with E-state index in [1.807, 2.05) is 18.0 Å². The molecule has 0 bridgehead atoms. The fourth-order valence-electron chi connectivity index (χ4n) is 1.72. The molecule has 0 aliphatic rings. The standard InChI is InChI=1S/C14H14FNO2/c1-16(9-13-6-3-7-18-13)10-14(17)11-4-2-5-12(15)8-11/h2-8H,9-10H2,1H3. The summed E-state index contributed by atoms with van der Waals surface area (Å²) in [4.78, 5) is 13.7. The smallest absolute Gasteiger partial charge is 0.176 e. The Balaban J connectivity index is 1.95. The van der Waals surface area contributed by atoms with Gasteiger partial charge in [-0.2, -0.15) is 0 Å². The Bertz CT molecular complexity index is 522. The van der Waals surface area contributed by atoms with E-state index in [1.165, 1.54) is 18.2 Å². The first-order chi connectivity index (χ1) is 8.65. The lowest BCUT2D eigenvalue weighted by Gasteiger charge is -2.13. The van der Waals surface area contributed by atoms with E-state index in [2.05, 4.69) is 0 Å². The molecule has 0 atom stereocenters. The average molecular weight is 247 g/mol. The summed E-state index contributed by atoms with van der Waals surface area (Å²) in [5, 5.41) is 0. The summed E-state index contributed by atoms with van der Waals surface area (Å²) in [5.41, 5.74) is 0.390. The van der Waals surface area contributed by atoms with Crippen molar-refractivity contribution in [1.29, 1.82) is 0 Å². The Hall–Kier alpha value is -1.94. The number of carbonyl (C=O) groups excluding carboxylic acids is 1. The van der Waals surface area contributed by atoms with Gasteiger partial charge in [-0.25, -0.2) is 4.39 Å². The molecule has 0 radical (unpaired) electrons. The maximum Gasteiger partial charge on any atom is 0.176 e. The van der Waals surface area contributed by atoms with E-state index in [0.29, 0.717) is 12.1 Å². The first-order valence-corrected chi connectivity index (χ1v) is 5.65. The Labute approximate surface area is 105 Å². The van der Waals surface area contributed by atoms with Crippen molar-refractivity contribution in [2.45, 2.75) is 6.54 Å². The fourth-order valence-corrected chi connectivity index (χ4v) is 1.72. The molecule has 0 amide bonds. The molecule has 0 saturated carbocycles. The van der Waals surface area contributed by atoms with Gasteiger partial charge in [-0.3, -0.25) is 9.69 Å². The van der Waals surface area contributed by atoms with Crippen LogP contribution in [0, 0.1) is 5.82 Å². The maximum absolute atomic E-state index is 13.0. The number of rotatable bonds is 5. The largest absolute Gasteiger partial charge is 0.468 e. The number of carbonyl (C=O) groups is 1. The lowest BCUT2D eigenvalue weighted by molar-refractivity contribution is 0.0939. The highest BCUT2D eigenvalue weighted by Gasteiger charge is 2.11. The third-order valence-electron chi connectivity index (χ3n) is 2.57. The van der Waals surface area contributed by atoms with Gasteiger partial charge < -0.3 is 4.42 Å². The zero-order valence-corrected chi connectivity index (χ0v) is 10.1. The Kier molecular flexibility index (Phi) is 3.89. The van der Waals surface area contributed by atoms with Gasteiger partial charge in [0.05, 0.1) is 19.4 Å². The second-order valence-corrected chi connectivity index (χ2v) is 4.19. The van der Waals surface area contributed by atoms with Crippen molar-refractivity contribution in [3.63, 3.8) is 0 Å². The van der Waals surface area contributed by atoms with Gasteiger partial charge in [0.15, 0.2) is 5.78 Å². The molecule has 2 rings (SSSR count). The minimum absolute atomic E-state index is 0.108. The van der Waals surface area contributed by atoms with Gasteiger partial charge in [0.2, 0.25) is 0 Å². The fraction of sp³-hybridized carbons (Fsp3) is 0.214. The molecule has 18 heavy (non-hydrogen) atoms. The van der Waals surface area contributed by atoms with Crippen LogP contribution in [0.4, 0.5) is 4.39 Å². The van der Waals surface area contributed by atoms with Crippen LogP contribution in [0.3, 0.4) is 0 Å². The predicted octanol–water partition coefficient (Wildman–Crippen LogP) is 2.73. The molecule has 94 valence electrons. The van der Waals surface area contributed by atoms with Gasteiger partial charge in [-0.05, 0) is 31.3 Å². The van der Waals surface area contributed by atoms with Crippen LogP contribution in [0.25, 0.3) is 0 Å². The van der Waals surface area contributed by atoms with Crippen molar-refractivity contribution in [2.75, 3.05) is 13.6 Å². The predicted molar refractivity (Wildman–Crippen MR) is 65.8 cm³/mol. The molecule has 0 fully saturated rings. The molecule has 0 N–H and O–H groups in total. The van der Waals surface area contributed by atoms with E-state index in [4.69, 9.17) is 4.42 Å². The number of likely N-dealkylation sites (N-methyl/N-ethyl adjacent to an activating group) is 1. The lowest BCUT2D eigenvalue weighted by atomic mass is 10.1. The van der Waals surface area contributed by atoms with Crippen molar-refractivity contribution in [3.8, 4) is 0 Å². The first kappa shape index (κ1) is 12.5. The molecule has 0 unspecified atom stereocenters. The zero-order valence-electron chi connectivity index (χ0n) is 10.1. The van der Waals surface area contributed by atoms with Gasteiger partial charge in [0.25, 0.3) is 0 Å². The SMILES string of the molecule is CN(CC(=O)c1cccc(F)c1)Cc1ccco1. The molecule has 4 heteroatoms. The van der Waals surface area contributed by atoms with E-state index in [0.717, 1.165) is 5.76 Å². The molecule has 2 aromatic rings. The summed E-state index contributed by atoms with van der Waals surface area (Å²) in [6, 6.07) is 9.38. The summed E-state index contributed by atoms with van der Waals surface area (Å²) in [7, 11) is 1.82. The first-order valence-electron chi connectivity index (χ1n) is 5.65. The molecule has 3 nitrogen and oxygen atoms in total. The number of halogens is 1. The van der Waals surface area contributed by atoms with Gasteiger partial charge in [-0.1, -0.05) is 12.1 Å². The van der Waals surface area contributed by atoms with Crippen LogP contribution in [-0.4, -0.2) is 24.3 Å². The van der Waals surface area contributed by atoms with Crippen LogP contribution in [0.2, 0.25) is 0 Å². The van der Waals surface area contributed by atoms with Crippen molar-refractivity contribution in [2.24, 2.45) is 0 Å². The molecular formula is C14H14FNO2. The van der Waals surface area contributed by atoms with Crippen molar-refractivity contribution in [1.82, 2.24) is 4.90 Å². The number of furan rings is 1. The molecule has 1 heterocycles. The number of hydrogen-bond donors (Lipinski definition) is 0. The van der Waals surface area contributed by atoms with E-state index in [-0.39, 0.29) is 12.3 Å². The van der Waals surface area contributed by atoms with E-state index >= 15 is 0 Å². The van der Waals surface area contributed by atoms with E-state index < -0.39 is 5.82 Å².